The molecule has 1 aliphatic rings. The van der Waals surface area contributed by atoms with Gasteiger partial charge in [0.05, 0.1) is 24.9 Å². The van der Waals surface area contributed by atoms with E-state index in [9.17, 15) is 9.18 Å². The molecule has 1 fully saturated rings. The second-order valence-corrected chi connectivity index (χ2v) is 8.00. The van der Waals surface area contributed by atoms with Crippen LogP contribution in [0.4, 0.5) is 4.39 Å². The van der Waals surface area contributed by atoms with Crippen LogP contribution < -0.4 is 11.1 Å². The molecular weight excluding hydrogens is 461 g/mol. The highest BCUT2D eigenvalue weighted by atomic mass is 35.5. The van der Waals surface area contributed by atoms with E-state index < -0.39 is 0 Å². The average molecular weight is 492 g/mol. The number of rotatable bonds is 6. The van der Waals surface area contributed by atoms with Crippen molar-refractivity contribution in [1.82, 2.24) is 20.2 Å². The summed E-state index contributed by atoms with van der Waals surface area (Å²) in [4.78, 5) is 29.7. The molecule has 8 nitrogen and oxygen atoms in total. The number of nitrogens with zero attached hydrogens (tertiary/aromatic N) is 2. The van der Waals surface area contributed by atoms with Crippen LogP contribution in [0.5, 0.6) is 0 Å². The van der Waals surface area contributed by atoms with E-state index in [4.69, 9.17) is 21.1 Å². The molecule has 0 spiro atoms. The quantitative estimate of drug-likeness (QED) is 0.362. The Morgan fingerprint density at radius 2 is 1.97 bits per heavy atom. The molecule has 2 aromatic heterocycles. The minimum Gasteiger partial charge on any atom is -0.379 e. The van der Waals surface area contributed by atoms with Gasteiger partial charge in [0.2, 0.25) is 12.3 Å². The van der Waals surface area contributed by atoms with Crippen molar-refractivity contribution >= 4 is 34.8 Å². The molecule has 0 saturated carbocycles. The number of H-pyrrole nitrogens is 1. The van der Waals surface area contributed by atoms with Gasteiger partial charge in [-0.25, -0.2) is 9.37 Å². The van der Waals surface area contributed by atoms with Crippen molar-refractivity contribution in [2.75, 3.05) is 39.4 Å². The molecule has 34 heavy (non-hydrogen) atoms. The number of pyridine rings is 1. The molecule has 3 heterocycles. The van der Waals surface area contributed by atoms with Gasteiger partial charge in [-0.2, -0.15) is 0 Å². The van der Waals surface area contributed by atoms with Crippen LogP contribution in [0.2, 0.25) is 5.15 Å². The number of carbonyl (C=O) groups is 2. The molecule has 0 aliphatic carbocycles. The van der Waals surface area contributed by atoms with Gasteiger partial charge in [-0.15, -0.1) is 0 Å². The zero-order valence-corrected chi connectivity index (χ0v) is 20.0. The van der Waals surface area contributed by atoms with Crippen LogP contribution in [0.25, 0.3) is 10.9 Å². The van der Waals surface area contributed by atoms with E-state index in [2.05, 4.69) is 25.9 Å². The summed E-state index contributed by atoms with van der Waals surface area (Å²) in [6.07, 6.45) is 3.07. The summed E-state index contributed by atoms with van der Waals surface area (Å²) in [5.74, 6) is -0.203. The van der Waals surface area contributed by atoms with E-state index in [0.29, 0.717) is 24.5 Å². The van der Waals surface area contributed by atoms with E-state index >= 15 is 0 Å². The number of amides is 2. The molecule has 10 heteroatoms. The summed E-state index contributed by atoms with van der Waals surface area (Å²) in [5.41, 5.74) is 7.31. The molecule has 4 N–H and O–H groups in total. The molecule has 0 unspecified atom stereocenters. The molecule has 1 aliphatic heterocycles. The number of aromatic amines is 1. The van der Waals surface area contributed by atoms with Gasteiger partial charge in [-0.1, -0.05) is 23.7 Å². The number of aromatic nitrogens is 2. The number of halogens is 2. The maximum atomic E-state index is 12.7. The molecule has 184 valence electrons. The lowest BCUT2D eigenvalue weighted by Gasteiger charge is -2.26. The van der Waals surface area contributed by atoms with E-state index in [1.165, 1.54) is 12.1 Å². The first-order valence-corrected chi connectivity index (χ1v) is 11.4. The van der Waals surface area contributed by atoms with Gasteiger partial charge in [0.15, 0.2) is 0 Å². The summed E-state index contributed by atoms with van der Waals surface area (Å²) in [7, 11) is 0. The molecule has 1 aromatic carbocycles. The van der Waals surface area contributed by atoms with Gasteiger partial charge < -0.3 is 20.8 Å². The van der Waals surface area contributed by atoms with Gasteiger partial charge in [-0.3, -0.25) is 14.5 Å². The third-order valence-corrected chi connectivity index (χ3v) is 5.22. The number of fused-ring (bicyclic) bond motifs is 1. The van der Waals surface area contributed by atoms with Gasteiger partial charge in [0.25, 0.3) is 0 Å². The molecule has 0 atom stereocenters. The predicted octanol–water partition coefficient (Wildman–Crippen LogP) is 2.83. The highest BCUT2D eigenvalue weighted by molar-refractivity contribution is 6.30. The molecular formula is C24H31ClFN5O3. The second kappa shape index (κ2) is 15.0. The number of ether oxygens (including phenoxy) is 1. The number of carbonyl (C=O) groups excluding carboxylic acids is 2. The summed E-state index contributed by atoms with van der Waals surface area (Å²) in [6.45, 7) is 6.97. The van der Waals surface area contributed by atoms with Crippen molar-refractivity contribution in [2.45, 2.75) is 19.8 Å². The van der Waals surface area contributed by atoms with Crippen LogP contribution in [0.1, 0.15) is 17.7 Å². The average Bonchev–Trinajstić information content (AvgIpc) is 3.19. The molecule has 0 radical (unpaired) electrons. The normalized spacial score (nSPS) is 13.3. The van der Waals surface area contributed by atoms with Gasteiger partial charge in [0.1, 0.15) is 11.0 Å². The van der Waals surface area contributed by atoms with Crippen LogP contribution >= 0.6 is 11.6 Å². The molecule has 2 amide bonds. The second-order valence-electron chi connectivity index (χ2n) is 7.61. The molecule has 4 rings (SSSR count). The monoisotopic (exact) mass is 491 g/mol. The smallest absolute Gasteiger partial charge is 0.220 e. The maximum Gasteiger partial charge on any atom is 0.220 e. The maximum absolute atomic E-state index is 12.7. The van der Waals surface area contributed by atoms with Crippen molar-refractivity contribution in [1.29, 1.82) is 0 Å². The van der Waals surface area contributed by atoms with Crippen LogP contribution in [0.15, 0.2) is 42.6 Å². The Kier molecular flexibility index (Phi) is 12.0. The number of aryl methyl sites for hydroxylation is 2. The fourth-order valence-corrected chi connectivity index (χ4v) is 3.49. The Balaban J connectivity index is 0.000000243. The first-order valence-electron chi connectivity index (χ1n) is 11.0. The van der Waals surface area contributed by atoms with Crippen LogP contribution in [0.3, 0.4) is 0 Å². The molecule has 1 saturated heterocycles. The van der Waals surface area contributed by atoms with Crippen molar-refractivity contribution < 1.29 is 18.7 Å². The third kappa shape index (κ3) is 10.3. The lowest BCUT2D eigenvalue weighted by atomic mass is 10.1. The number of hydrogen-bond donors (Lipinski definition) is 3. The summed E-state index contributed by atoms with van der Waals surface area (Å²) in [5, 5.41) is 4.57. The van der Waals surface area contributed by atoms with Crippen LogP contribution in [-0.2, 0) is 20.7 Å². The molecule has 0 bridgehead atoms. The SMILES string of the molecule is Cc1cc2cc(Cl)ncc2[nH]1.NC=O.O=C(CCc1ccc(F)cc1)NCCN1CCOCC1. The minimum absolute atomic E-state index is 0.0441. The first-order chi connectivity index (χ1) is 16.4. The largest absolute Gasteiger partial charge is 0.379 e. The van der Waals surface area contributed by atoms with E-state index in [-0.39, 0.29) is 18.1 Å². The molecule has 3 aromatic rings. The Hall–Kier alpha value is -3.01. The van der Waals surface area contributed by atoms with Crippen molar-refractivity contribution in [3.63, 3.8) is 0 Å². The summed E-state index contributed by atoms with van der Waals surface area (Å²) < 4.78 is 18.0. The summed E-state index contributed by atoms with van der Waals surface area (Å²) >= 11 is 5.70. The minimum atomic E-state index is -0.247. The fourth-order valence-electron chi connectivity index (χ4n) is 3.33. The van der Waals surface area contributed by atoms with Gasteiger partial charge >= 0.3 is 0 Å². The lowest BCUT2D eigenvalue weighted by Crippen LogP contribution is -2.41. The Morgan fingerprint density at radius 1 is 1.29 bits per heavy atom. The fraction of sp³-hybridized carbons (Fsp3) is 0.375. The Bertz CT molecular complexity index is 1020. The van der Waals surface area contributed by atoms with Gasteiger partial charge in [-0.05, 0) is 43.2 Å². The van der Waals surface area contributed by atoms with Crippen molar-refractivity contribution in [3.8, 4) is 0 Å². The summed E-state index contributed by atoms with van der Waals surface area (Å²) in [6, 6.07) is 10.2. The number of nitrogens with two attached hydrogens (primary N) is 1. The number of hydrogen-bond acceptors (Lipinski definition) is 5. The van der Waals surface area contributed by atoms with E-state index in [1.807, 2.05) is 19.1 Å². The number of primary amides is 1. The van der Waals surface area contributed by atoms with Crippen molar-refractivity contribution in [2.24, 2.45) is 5.73 Å². The standard InChI is InChI=1S/C15H21FN2O2.C8H7ClN2.CH3NO/c16-14-4-1-13(2-5-14)3-6-15(19)17-7-8-18-9-11-20-12-10-18;1-5-2-6-3-8(9)10-4-7(6)11-5;2-1-3/h1-2,4-5H,3,6-12H2,(H,17,19);2-4,11H,1H3;1H,(H2,2,3). The number of benzene rings is 1. The highest BCUT2D eigenvalue weighted by Crippen LogP contribution is 2.16. The third-order valence-electron chi connectivity index (χ3n) is 5.01. The van der Waals surface area contributed by atoms with E-state index in [1.54, 1.807) is 18.3 Å². The van der Waals surface area contributed by atoms with Crippen molar-refractivity contribution in [3.05, 3.63) is 64.8 Å². The zero-order valence-electron chi connectivity index (χ0n) is 19.2. The Labute approximate surface area is 203 Å². The van der Waals surface area contributed by atoms with Crippen LogP contribution in [0, 0.1) is 12.7 Å². The zero-order chi connectivity index (χ0) is 24.8. The predicted molar refractivity (Wildman–Crippen MR) is 131 cm³/mol. The number of nitrogens with one attached hydrogen (secondary N) is 2. The van der Waals surface area contributed by atoms with Gasteiger partial charge in [0, 0.05) is 43.7 Å². The Morgan fingerprint density at radius 3 is 2.65 bits per heavy atom. The highest BCUT2D eigenvalue weighted by Gasteiger charge is 2.10. The topological polar surface area (TPSA) is 113 Å². The first kappa shape index (κ1) is 27.2. The lowest BCUT2D eigenvalue weighted by molar-refractivity contribution is -0.121. The number of morpholine rings is 1. The van der Waals surface area contributed by atoms with E-state index in [0.717, 1.165) is 55.0 Å². The van der Waals surface area contributed by atoms with Crippen LogP contribution in [-0.4, -0.2) is 66.6 Å².